The van der Waals surface area contributed by atoms with Gasteiger partial charge in [0.1, 0.15) is 5.75 Å². The molecular formula is C13H12ClNO2. The summed E-state index contributed by atoms with van der Waals surface area (Å²) in [5, 5.41) is 0.828. The van der Waals surface area contributed by atoms with Crippen molar-refractivity contribution < 1.29 is 9.53 Å². The predicted octanol–water partition coefficient (Wildman–Crippen LogP) is 3.21. The van der Waals surface area contributed by atoms with E-state index in [4.69, 9.17) is 16.3 Å². The van der Waals surface area contributed by atoms with E-state index >= 15 is 0 Å². The Bertz CT molecular complexity index is 581. The van der Waals surface area contributed by atoms with E-state index in [-0.39, 0.29) is 5.97 Å². The second-order valence-electron chi connectivity index (χ2n) is 3.76. The monoisotopic (exact) mass is 249 g/mol. The number of alkyl halides is 1. The highest BCUT2D eigenvalue weighted by Crippen LogP contribution is 2.30. The Morgan fingerprint density at radius 3 is 2.76 bits per heavy atom. The highest BCUT2D eigenvalue weighted by molar-refractivity contribution is 6.17. The molecule has 0 saturated carbocycles. The van der Waals surface area contributed by atoms with Crippen LogP contribution in [0.15, 0.2) is 24.3 Å². The minimum absolute atomic E-state index is 0.297. The molecule has 2 rings (SSSR count). The first-order chi connectivity index (χ1) is 8.13. The molecular weight excluding hydrogens is 238 g/mol. The lowest BCUT2D eigenvalue weighted by molar-refractivity contribution is -0.131. The molecule has 0 amide bonds. The zero-order valence-electron chi connectivity index (χ0n) is 9.66. The van der Waals surface area contributed by atoms with Crippen molar-refractivity contribution >= 4 is 28.5 Å². The van der Waals surface area contributed by atoms with Crippen LogP contribution in [0.4, 0.5) is 0 Å². The van der Waals surface area contributed by atoms with Crippen LogP contribution in [0.3, 0.4) is 0 Å². The van der Waals surface area contributed by atoms with Gasteiger partial charge in [-0.15, -0.1) is 11.6 Å². The fourth-order valence-corrected chi connectivity index (χ4v) is 1.99. The van der Waals surface area contributed by atoms with Gasteiger partial charge in [-0.25, -0.2) is 0 Å². The smallest absolute Gasteiger partial charge is 0.308 e. The van der Waals surface area contributed by atoms with E-state index in [1.54, 1.807) is 0 Å². The molecule has 88 valence electrons. The average Bonchev–Trinajstić information content (AvgIpc) is 2.32. The first kappa shape index (κ1) is 11.9. The number of para-hydroxylation sites is 1. The number of nitrogens with zero attached hydrogens (tertiary/aromatic N) is 1. The summed E-state index contributed by atoms with van der Waals surface area (Å²) in [7, 11) is 0. The fourth-order valence-electron chi connectivity index (χ4n) is 1.73. The maximum absolute atomic E-state index is 11.1. The molecule has 1 heterocycles. The molecule has 17 heavy (non-hydrogen) atoms. The third-order valence-electron chi connectivity index (χ3n) is 2.55. The molecule has 0 aliphatic rings. The van der Waals surface area contributed by atoms with Gasteiger partial charge < -0.3 is 4.74 Å². The number of hydrogen-bond donors (Lipinski definition) is 0. The van der Waals surface area contributed by atoms with Gasteiger partial charge in [0.05, 0.1) is 17.1 Å². The number of ether oxygens (including phenoxy) is 1. The van der Waals surface area contributed by atoms with Crippen LogP contribution < -0.4 is 4.74 Å². The zero-order chi connectivity index (χ0) is 12.4. The summed E-state index contributed by atoms with van der Waals surface area (Å²) >= 11 is 5.84. The van der Waals surface area contributed by atoms with Crippen LogP contribution in [0.25, 0.3) is 10.9 Å². The lowest BCUT2D eigenvalue weighted by Gasteiger charge is -2.12. The minimum Gasteiger partial charge on any atom is -0.426 e. The van der Waals surface area contributed by atoms with Crippen molar-refractivity contribution in [3.8, 4) is 5.75 Å². The van der Waals surface area contributed by atoms with E-state index in [1.807, 2.05) is 31.2 Å². The molecule has 3 nitrogen and oxygen atoms in total. The zero-order valence-corrected chi connectivity index (χ0v) is 10.4. The number of hydrogen-bond acceptors (Lipinski definition) is 3. The van der Waals surface area contributed by atoms with Gasteiger partial charge >= 0.3 is 5.97 Å². The van der Waals surface area contributed by atoms with E-state index in [0.717, 1.165) is 22.2 Å². The summed E-state index contributed by atoms with van der Waals surface area (Å²) in [6, 6.07) is 7.53. The molecule has 4 heteroatoms. The summed E-state index contributed by atoms with van der Waals surface area (Å²) in [5.74, 6) is 0.508. The molecule has 0 spiro atoms. The maximum atomic E-state index is 11.1. The van der Waals surface area contributed by atoms with Gasteiger partial charge in [-0.05, 0) is 19.1 Å². The summed E-state index contributed by atoms with van der Waals surface area (Å²) in [6.45, 7) is 3.24. The van der Waals surface area contributed by atoms with Crippen LogP contribution in [0.5, 0.6) is 5.75 Å². The van der Waals surface area contributed by atoms with E-state index in [1.165, 1.54) is 6.92 Å². The highest BCUT2D eigenvalue weighted by atomic mass is 35.5. The fraction of sp³-hybridized carbons (Fsp3) is 0.231. The first-order valence-corrected chi connectivity index (χ1v) is 5.79. The Kier molecular flexibility index (Phi) is 3.29. The molecule has 0 fully saturated rings. The highest BCUT2D eigenvalue weighted by Gasteiger charge is 2.13. The number of carbonyl (C=O) groups is 1. The van der Waals surface area contributed by atoms with E-state index in [0.29, 0.717) is 11.6 Å². The van der Waals surface area contributed by atoms with Crippen LogP contribution in [-0.4, -0.2) is 11.0 Å². The number of benzene rings is 1. The van der Waals surface area contributed by atoms with Crippen molar-refractivity contribution in [2.45, 2.75) is 19.7 Å². The second kappa shape index (κ2) is 4.72. The normalized spacial score (nSPS) is 10.5. The number of halogens is 1. The number of fused-ring (bicyclic) bond motifs is 1. The molecule has 1 aromatic carbocycles. The number of rotatable bonds is 2. The quantitative estimate of drug-likeness (QED) is 0.606. The van der Waals surface area contributed by atoms with Crippen molar-refractivity contribution in [3.63, 3.8) is 0 Å². The Labute approximate surface area is 104 Å². The van der Waals surface area contributed by atoms with Crippen LogP contribution >= 0.6 is 11.6 Å². The Morgan fingerprint density at radius 1 is 1.41 bits per heavy atom. The summed E-state index contributed by atoms with van der Waals surface area (Å²) in [6.07, 6.45) is 0. The molecule has 0 atom stereocenters. The lowest BCUT2D eigenvalue weighted by Crippen LogP contribution is -2.06. The van der Waals surface area contributed by atoms with Gasteiger partial charge in [0.15, 0.2) is 0 Å². The third-order valence-corrected chi connectivity index (χ3v) is 2.80. The molecule has 0 bridgehead atoms. The van der Waals surface area contributed by atoms with Crippen molar-refractivity contribution in [3.05, 3.63) is 35.5 Å². The average molecular weight is 250 g/mol. The van der Waals surface area contributed by atoms with E-state index < -0.39 is 0 Å². The van der Waals surface area contributed by atoms with E-state index in [2.05, 4.69) is 4.98 Å². The number of esters is 1. The Balaban J connectivity index is 2.75. The topological polar surface area (TPSA) is 39.2 Å². The standard InChI is InChI=1S/C13H12ClNO2/c1-8-12(7-14)15-11-6-4-3-5-10(11)13(8)17-9(2)16/h3-6H,7H2,1-2H3. The van der Waals surface area contributed by atoms with Crippen LogP contribution in [-0.2, 0) is 10.7 Å². The first-order valence-electron chi connectivity index (χ1n) is 5.26. The van der Waals surface area contributed by atoms with Crippen molar-refractivity contribution in [1.82, 2.24) is 4.98 Å². The van der Waals surface area contributed by atoms with Gasteiger partial charge in [-0.1, -0.05) is 12.1 Å². The number of carbonyl (C=O) groups excluding carboxylic acids is 1. The largest absolute Gasteiger partial charge is 0.426 e. The van der Waals surface area contributed by atoms with Gasteiger partial charge in [0.25, 0.3) is 0 Å². The van der Waals surface area contributed by atoms with Crippen LogP contribution in [0.1, 0.15) is 18.2 Å². The van der Waals surface area contributed by atoms with Gasteiger partial charge in [-0.2, -0.15) is 0 Å². The van der Waals surface area contributed by atoms with Crippen LogP contribution in [0, 0.1) is 6.92 Å². The molecule has 0 saturated heterocycles. The van der Waals surface area contributed by atoms with Crippen LogP contribution in [0.2, 0.25) is 0 Å². The number of pyridine rings is 1. The molecule has 1 aromatic heterocycles. The third kappa shape index (κ3) is 2.24. The summed E-state index contributed by atoms with van der Waals surface area (Å²) in [5.41, 5.74) is 2.33. The second-order valence-corrected chi connectivity index (χ2v) is 4.02. The number of aromatic nitrogens is 1. The lowest BCUT2D eigenvalue weighted by atomic mass is 10.1. The molecule has 0 aliphatic heterocycles. The van der Waals surface area contributed by atoms with Gasteiger partial charge in [0, 0.05) is 17.9 Å². The Hall–Kier alpha value is -1.61. The molecule has 0 radical (unpaired) electrons. The summed E-state index contributed by atoms with van der Waals surface area (Å²) < 4.78 is 5.26. The van der Waals surface area contributed by atoms with E-state index in [9.17, 15) is 4.79 Å². The molecule has 2 aromatic rings. The van der Waals surface area contributed by atoms with Gasteiger partial charge in [0.2, 0.25) is 0 Å². The van der Waals surface area contributed by atoms with Gasteiger partial charge in [-0.3, -0.25) is 9.78 Å². The van der Waals surface area contributed by atoms with Crippen molar-refractivity contribution in [2.75, 3.05) is 0 Å². The predicted molar refractivity (Wildman–Crippen MR) is 67.3 cm³/mol. The SMILES string of the molecule is CC(=O)Oc1c(C)c(CCl)nc2ccccc12. The minimum atomic E-state index is -0.343. The Morgan fingerprint density at radius 2 is 2.12 bits per heavy atom. The molecule has 0 N–H and O–H groups in total. The summed E-state index contributed by atoms with van der Waals surface area (Å²) in [4.78, 5) is 15.6. The molecule has 0 aliphatic carbocycles. The maximum Gasteiger partial charge on any atom is 0.308 e. The molecule has 0 unspecified atom stereocenters. The van der Waals surface area contributed by atoms with Crippen molar-refractivity contribution in [2.24, 2.45) is 0 Å². The van der Waals surface area contributed by atoms with Crippen molar-refractivity contribution in [1.29, 1.82) is 0 Å².